The van der Waals surface area contributed by atoms with Gasteiger partial charge in [0.1, 0.15) is 5.56 Å². The highest BCUT2D eigenvalue weighted by atomic mass is 35.5. The Morgan fingerprint density at radius 3 is 2.42 bits per heavy atom. The number of carbonyl (C=O) groups is 1. The lowest BCUT2D eigenvalue weighted by molar-refractivity contribution is 0.0745. The van der Waals surface area contributed by atoms with Crippen LogP contribution in [0, 0.1) is 0 Å². The number of H-pyrrole nitrogens is 1. The van der Waals surface area contributed by atoms with Gasteiger partial charge in [-0.15, -0.1) is 0 Å². The third-order valence-corrected chi connectivity index (χ3v) is 5.10. The van der Waals surface area contributed by atoms with E-state index in [9.17, 15) is 9.59 Å². The molecular formula is C20H18ClN3O2. The van der Waals surface area contributed by atoms with E-state index in [1.807, 2.05) is 36.4 Å². The first-order chi connectivity index (χ1) is 12.6. The number of para-hydroxylation sites is 2. The topological polar surface area (TPSA) is 56.4 Å². The number of fused-ring (bicyclic) bond motifs is 1. The van der Waals surface area contributed by atoms with E-state index in [4.69, 9.17) is 11.6 Å². The van der Waals surface area contributed by atoms with Crippen LogP contribution < -0.4 is 10.3 Å². The minimum atomic E-state index is -0.226. The predicted octanol–water partition coefficient (Wildman–Crippen LogP) is 3.14. The van der Waals surface area contributed by atoms with Gasteiger partial charge >= 0.3 is 0 Å². The fourth-order valence-corrected chi connectivity index (χ4v) is 3.61. The molecular weight excluding hydrogens is 350 g/mol. The molecule has 2 aromatic carbocycles. The van der Waals surface area contributed by atoms with Gasteiger partial charge in [-0.2, -0.15) is 0 Å². The number of rotatable bonds is 2. The lowest BCUT2D eigenvalue weighted by atomic mass is 10.1. The van der Waals surface area contributed by atoms with Crippen molar-refractivity contribution in [1.82, 2.24) is 9.88 Å². The third-order valence-electron chi connectivity index (χ3n) is 4.78. The Morgan fingerprint density at radius 1 is 0.962 bits per heavy atom. The van der Waals surface area contributed by atoms with Crippen LogP contribution >= 0.6 is 11.6 Å². The number of nitrogens with zero attached hydrogens (tertiary/aromatic N) is 2. The maximum atomic E-state index is 12.8. The normalized spacial score (nSPS) is 14.7. The maximum absolute atomic E-state index is 12.8. The molecule has 0 unspecified atom stereocenters. The van der Waals surface area contributed by atoms with Crippen molar-refractivity contribution in [3.05, 3.63) is 75.5 Å². The van der Waals surface area contributed by atoms with Gasteiger partial charge in [-0.3, -0.25) is 9.59 Å². The van der Waals surface area contributed by atoms with Crippen molar-refractivity contribution in [2.45, 2.75) is 0 Å². The number of nitrogens with one attached hydrogen (secondary N) is 1. The van der Waals surface area contributed by atoms with Gasteiger partial charge in [0.15, 0.2) is 0 Å². The maximum Gasteiger partial charge on any atom is 0.259 e. The van der Waals surface area contributed by atoms with Crippen molar-refractivity contribution >= 4 is 34.1 Å². The van der Waals surface area contributed by atoms with Crippen LogP contribution in [0.4, 0.5) is 5.69 Å². The van der Waals surface area contributed by atoms with Gasteiger partial charge in [-0.25, -0.2) is 0 Å². The molecule has 1 aromatic heterocycles. The molecule has 0 radical (unpaired) electrons. The summed E-state index contributed by atoms with van der Waals surface area (Å²) in [5.74, 6) is -0.226. The lowest BCUT2D eigenvalue weighted by Crippen LogP contribution is -2.49. The largest absolute Gasteiger partial charge is 0.367 e. The monoisotopic (exact) mass is 367 g/mol. The SMILES string of the molecule is O=C(c1c[nH]c2ccccc2c1=O)N1CCN(c2ccccc2Cl)CC1. The average molecular weight is 368 g/mol. The first kappa shape index (κ1) is 16.7. The number of carbonyl (C=O) groups excluding carboxylic acids is 1. The minimum absolute atomic E-state index is 0.190. The number of halogens is 1. The van der Waals surface area contributed by atoms with Crippen LogP contribution in [-0.2, 0) is 0 Å². The molecule has 26 heavy (non-hydrogen) atoms. The average Bonchev–Trinajstić information content (AvgIpc) is 2.69. The molecule has 5 nitrogen and oxygen atoms in total. The summed E-state index contributed by atoms with van der Waals surface area (Å²) in [4.78, 5) is 32.4. The number of benzene rings is 2. The smallest absolute Gasteiger partial charge is 0.259 e. The quantitative estimate of drug-likeness (QED) is 0.757. The van der Waals surface area contributed by atoms with Gasteiger partial charge in [0.25, 0.3) is 5.91 Å². The summed E-state index contributed by atoms with van der Waals surface area (Å²) in [6.45, 7) is 2.47. The number of hydrogen-bond acceptors (Lipinski definition) is 3. The summed E-state index contributed by atoms with van der Waals surface area (Å²) in [7, 11) is 0. The first-order valence-corrected chi connectivity index (χ1v) is 8.92. The van der Waals surface area contributed by atoms with Crippen LogP contribution in [0.5, 0.6) is 0 Å². The van der Waals surface area contributed by atoms with Crippen LogP contribution in [0.3, 0.4) is 0 Å². The number of piperazine rings is 1. The molecule has 0 aliphatic carbocycles. The number of pyridine rings is 1. The Hall–Kier alpha value is -2.79. The molecule has 1 aliphatic heterocycles. The van der Waals surface area contributed by atoms with Crippen molar-refractivity contribution < 1.29 is 4.79 Å². The molecule has 4 rings (SSSR count). The molecule has 1 fully saturated rings. The number of aromatic nitrogens is 1. The summed E-state index contributed by atoms with van der Waals surface area (Å²) >= 11 is 6.26. The molecule has 1 saturated heterocycles. The predicted molar refractivity (Wildman–Crippen MR) is 104 cm³/mol. The van der Waals surface area contributed by atoms with Crippen molar-refractivity contribution in [2.24, 2.45) is 0 Å². The van der Waals surface area contributed by atoms with Crippen LogP contribution in [0.1, 0.15) is 10.4 Å². The molecule has 1 N–H and O–H groups in total. The van der Waals surface area contributed by atoms with Gasteiger partial charge in [0.05, 0.1) is 10.7 Å². The summed E-state index contributed by atoms with van der Waals surface area (Å²) < 4.78 is 0. The van der Waals surface area contributed by atoms with Gasteiger partial charge in [-0.05, 0) is 24.3 Å². The first-order valence-electron chi connectivity index (χ1n) is 8.54. The summed E-state index contributed by atoms with van der Waals surface area (Å²) in [5, 5.41) is 1.24. The molecule has 132 valence electrons. The zero-order valence-corrected chi connectivity index (χ0v) is 14.9. The standard InChI is InChI=1S/C20H18ClN3O2/c21-16-6-2-4-8-18(16)23-9-11-24(12-10-23)20(26)15-13-22-17-7-3-1-5-14(17)19(15)25/h1-8,13H,9-12H2,(H,22,25). The van der Waals surface area contributed by atoms with Crippen molar-refractivity contribution in [3.8, 4) is 0 Å². The molecule has 6 heteroatoms. The number of amides is 1. The Morgan fingerprint density at radius 2 is 1.65 bits per heavy atom. The van der Waals surface area contributed by atoms with Crippen LogP contribution in [0.2, 0.25) is 5.02 Å². The van der Waals surface area contributed by atoms with E-state index < -0.39 is 0 Å². The molecule has 2 heterocycles. The second kappa shape index (κ2) is 6.84. The molecule has 0 bridgehead atoms. The van der Waals surface area contributed by atoms with E-state index in [1.165, 1.54) is 6.20 Å². The van der Waals surface area contributed by atoms with Crippen LogP contribution in [0.25, 0.3) is 10.9 Å². The summed E-state index contributed by atoms with van der Waals surface area (Å²) in [6, 6.07) is 14.9. The second-order valence-electron chi connectivity index (χ2n) is 6.31. The lowest BCUT2D eigenvalue weighted by Gasteiger charge is -2.36. The highest BCUT2D eigenvalue weighted by molar-refractivity contribution is 6.33. The van der Waals surface area contributed by atoms with Crippen molar-refractivity contribution in [1.29, 1.82) is 0 Å². The van der Waals surface area contributed by atoms with E-state index in [-0.39, 0.29) is 16.9 Å². The Labute approximate surface area is 155 Å². The van der Waals surface area contributed by atoms with E-state index in [2.05, 4.69) is 9.88 Å². The van der Waals surface area contributed by atoms with E-state index >= 15 is 0 Å². The van der Waals surface area contributed by atoms with Gasteiger partial charge in [-0.1, -0.05) is 35.9 Å². The number of hydrogen-bond donors (Lipinski definition) is 1. The van der Waals surface area contributed by atoms with Crippen molar-refractivity contribution in [3.63, 3.8) is 0 Å². The zero-order valence-electron chi connectivity index (χ0n) is 14.1. The number of aromatic amines is 1. The highest BCUT2D eigenvalue weighted by Gasteiger charge is 2.25. The molecule has 1 amide bonds. The number of anilines is 1. The zero-order chi connectivity index (χ0) is 18.1. The Balaban J connectivity index is 1.53. The summed E-state index contributed by atoms with van der Waals surface area (Å²) in [5.41, 5.74) is 1.68. The molecule has 1 aliphatic rings. The van der Waals surface area contributed by atoms with Crippen LogP contribution in [-0.4, -0.2) is 42.0 Å². The van der Waals surface area contributed by atoms with Crippen molar-refractivity contribution in [2.75, 3.05) is 31.1 Å². The Bertz CT molecular complexity index is 1020. The molecule has 0 atom stereocenters. The molecule has 0 saturated carbocycles. The molecule has 3 aromatic rings. The van der Waals surface area contributed by atoms with Gasteiger partial charge in [0.2, 0.25) is 5.43 Å². The highest BCUT2D eigenvalue weighted by Crippen LogP contribution is 2.26. The second-order valence-corrected chi connectivity index (χ2v) is 6.71. The van der Waals surface area contributed by atoms with Gasteiger partial charge < -0.3 is 14.8 Å². The van der Waals surface area contributed by atoms with E-state index in [0.29, 0.717) is 36.6 Å². The molecule has 0 spiro atoms. The van der Waals surface area contributed by atoms with Gasteiger partial charge in [0, 0.05) is 43.3 Å². The van der Waals surface area contributed by atoms with Crippen LogP contribution in [0.15, 0.2) is 59.5 Å². The Kier molecular flexibility index (Phi) is 4.39. The fourth-order valence-electron chi connectivity index (χ4n) is 3.36. The third kappa shape index (κ3) is 2.95. The van der Waals surface area contributed by atoms with E-state index in [1.54, 1.807) is 17.0 Å². The summed E-state index contributed by atoms with van der Waals surface area (Å²) in [6.07, 6.45) is 1.52. The van der Waals surface area contributed by atoms with E-state index in [0.717, 1.165) is 11.2 Å². The minimum Gasteiger partial charge on any atom is -0.367 e. The fraction of sp³-hybridized carbons (Fsp3) is 0.200.